The Balaban J connectivity index is 1.72. The second-order valence-electron chi connectivity index (χ2n) is 4.75. The molecule has 0 bridgehead atoms. The highest BCUT2D eigenvalue weighted by molar-refractivity contribution is 5.71. The fraction of sp³-hybridized carbons (Fsp3) is 0.429. The monoisotopic (exact) mass is 263 g/mol. The van der Waals surface area contributed by atoms with Gasteiger partial charge in [-0.1, -0.05) is 30.3 Å². The number of rotatable bonds is 4. The van der Waals surface area contributed by atoms with Gasteiger partial charge in [0.25, 0.3) is 0 Å². The molecular weight excluding hydrogens is 246 g/mol. The normalized spacial score (nSPS) is 21.9. The average molecular weight is 263 g/mol. The Labute approximate surface area is 111 Å². The van der Waals surface area contributed by atoms with Crippen molar-refractivity contribution in [3.8, 4) is 0 Å². The first-order valence-electron chi connectivity index (χ1n) is 6.35. The molecule has 1 amide bonds. The van der Waals surface area contributed by atoms with E-state index in [-0.39, 0.29) is 18.6 Å². The largest absolute Gasteiger partial charge is 0.481 e. The molecule has 1 saturated carbocycles. The Morgan fingerprint density at radius 1 is 1.26 bits per heavy atom. The summed E-state index contributed by atoms with van der Waals surface area (Å²) in [5, 5.41) is 11.6. The predicted molar refractivity (Wildman–Crippen MR) is 68.5 cm³/mol. The van der Waals surface area contributed by atoms with Gasteiger partial charge >= 0.3 is 12.1 Å². The standard InChI is InChI=1S/C14H17NO4/c16-13(17)11-6-7-12(8-11)15-14(18)19-9-10-4-2-1-3-5-10/h1-5,11-12H,6-9H2,(H,15,18)(H,16,17)/t11-,12+/m0/s1. The van der Waals surface area contributed by atoms with E-state index in [9.17, 15) is 9.59 Å². The van der Waals surface area contributed by atoms with Crippen LogP contribution in [0.5, 0.6) is 0 Å². The minimum absolute atomic E-state index is 0.0932. The molecule has 0 aliphatic heterocycles. The maximum absolute atomic E-state index is 11.6. The van der Waals surface area contributed by atoms with Crippen molar-refractivity contribution < 1.29 is 19.4 Å². The van der Waals surface area contributed by atoms with E-state index in [0.29, 0.717) is 19.3 Å². The summed E-state index contributed by atoms with van der Waals surface area (Å²) >= 11 is 0. The topological polar surface area (TPSA) is 75.6 Å². The molecule has 0 aromatic heterocycles. The molecule has 1 aromatic rings. The number of ether oxygens (including phenoxy) is 1. The Bertz CT molecular complexity index is 446. The fourth-order valence-corrected chi connectivity index (χ4v) is 2.27. The fourth-order valence-electron chi connectivity index (χ4n) is 2.27. The summed E-state index contributed by atoms with van der Waals surface area (Å²) in [5.74, 6) is -1.14. The zero-order valence-corrected chi connectivity index (χ0v) is 10.5. The van der Waals surface area contributed by atoms with E-state index in [0.717, 1.165) is 5.56 Å². The van der Waals surface area contributed by atoms with Crippen LogP contribution in [-0.4, -0.2) is 23.2 Å². The highest BCUT2D eigenvalue weighted by Gasteiger charge is 2.30. The average Bonchev–Trinajstić information content (AvgIpc) is 2.86. The van der Waals surface area contributed by atoms with Gasteiger partial charge in [-0.05, 0) is 24.8 Å². The van der Waals surface area contributed by atoms with Crippen LogP contribution in [-0.2, 0) is 16.1 Å². The molecule has 1 aliphatic carbocycles. The second kappa shape index (κ2) is 6.22. The molecule has 0 heterocycles. The zero-order chi connectivity index (χ0) is 13.7. The molecule has 2 rings (SSSR count). The van der Waals surface area contributed by atoms with Gasteiger partial charge in [-0.2, -0.15) is 0 Å². The lowest BCUT2D eigenvalue weighted by atomic mass is 10.1. The molecular formula is C14H17NO4. The predicted octanol–water partition coefficient (Wildman–Crippen LogP) is 2.17. The number of aliphatic carboxylic acids is 1. The van der Waals surface area contributed by atoms with E-state index in [1.54, 1.807) is 0 Å². The van der Waals surface area contributed by atoms with Crippen LogP contribution in [0.4, 0.5) is 4.79 Å². The third-order valence-corrected chi connectivity index (χ3v) is 3.32. The van der Waals surface area contributed by atoms with Crippen LogP contribution in [0.1, 0.15) is 24.8 Å². The van der Waals surface area contributed by atoms with Gasteiger partial charge in [0.05, 0.1) is 5.92 Å². The maximum Gasteiger partial charge on any atom is 0.407 e. The lowest BCUT2D eigenvalue weighted by molar-refractivity contribution is -0.141. The van der Waals surface area contributed by atoms with E-state index in [4.69, 9.17) is 9.84 Å². The Hall–Kier alpha value is -2.04. The van der Waals surface area contributed by atoms with Crippen LogP contribution in [0.2, 0.25) is 0 Å². The first kappa shape index (κ1) is 13.4. The number of carboxylic acid groups (broad SMARTS) is 1. The molecule has 1 aromatic carbocycles. The van der Waals surface area contributed by atoms with Gasteiger partial charge in [0.2, 0.25) is 0 Å². The van der Waals surface area contributed by atoms with Crippen LogP contribution >= 0.6 is 0 Å². The van der Waals surface area contributed by atoms with Crippen molar-refractivity contribution in [2.75, 3.05) is 0 Å². The lowest BCUT2D eigenvalue weighted by Gasteiger charge is -2.12. The van der Waals surface area contributed by atoms with Gasteiger partial charge in [-0.25, -0.2) is 4.79 Å². The molecule has 0 saturated heterocycles. The van der Waals surface area contributed by atoms with Crippen molar-refractivity contribution >= 4 is 12.1 Å². The Morgan fingerprint density at radius 3 is 2.63 bits per heavy atom. The van der Waals surface area contributed by atoms with E-state index < -0.39 is 12.1 Å². The summed E-state index contributed by atoms with van der Waals surface area (Å²) in [7, 11) is 0. The summed E-state index contributed by atoms with van der Waals surface area (Å²) in [6, 6.07) is 9.32. The molecule has 0 radical (unpaired) electrons. The van der Waals surface area contributed by atoms with Crippen molar-refractivity contribution in [1.29, 1.82) is 0 Å². The van der Waals surface area contributed by atoms with Gasteiger partial charge < -0.3 is 15.2 Å². The molecule has 19 heavy (non-hydrogen) atoms. The molecule has 2 atom stereocenters. The summed E-state index contributed by atoms with van der Waals surface area (Å²) in [4.78, 5) is 22.4. The van der Waals surface area contributed by atoms with E-state index in [2.05, 4.69) is 5.32 Å². The summed E-state index contributed by atoms with van der Waals surface area (Å²) in [6.07, 6.45) is 1.30. The number of carboxylic acids is 1. The number of carbonyl (C=O) groups is 2. The van der Waals surface area contributed by atoms with Gasteiger partial charge in [0.1, 0.15) is 6.61 Å². The smallest absolute Gasteiger partial charge is 0.407 e. The summed E-state index contributed by atoms with van der Waals surface area (Å²) in [5.41, 5.74) is 0.924. The molecule has 1 fully saturated rings. The first-order valence-corrected chi connectivity index (χ1v) is 6.35. The Kier molecular flexibility index (Phi) is 4.39. The number of alkyl carbamates (subject to hydrolysis) is 1. The molecule has 2 N–H and O–H groups in total. The van der Waals surface area contributed by atoms with Crippen LogP contribution < -0.4 is 5.32 Å². The molecule has 0 spiro atoms. The van der Waals surface area contributed by atoms with Crippen molar-refractivity contribution in [1.82, 2.24) is 5.32 Å². The molecule has 5 nitrogen and oxygen atoms in total. The third kappa shape index (κ3) is 3.98. The van der Waals surface area contributed by atoms with E-state index >= 15 is 0 Å². The second-order valence-corrected chi connectivity index (χ2v) is 4.75. The molecule has 1 aliphatic rings. The summed E-state index contributed by atoms with van der Waals surface area (Å²) in [6.45, 7) is 0.224. The van der Waals surface area contributed by atoms with Gasteiger partial charge in [0.15, 0.2) is 0 Å². The number of nitrogens with one attached hydrogen (secondary N) is 1. The maximum atomic E-state index is 11.6. The van der Waals surface area contributed by atoms with Crippen LogP contribution in [0, 0.1) is 5.92 Å². The van der Waals surface area contributed by atoms with Gasteiger partial charge in [-0.15, -0.1) is 0 Å². The van der Waals surface area contributed by atoms with Crippen molar-refractivity contribution in [3.63, 3.8) is 0 Å². The third-order valence-electron chi connectivity index (χ3n) is 3.32. The minimum atomic E-state index is -0.790. The van der Waals surface area contributed by atoms with Crippen molar-refractivity contribution in [2.24, 2.45) is 5.92 Å². The summed E-state index contributed by atoms with van der Waals surface area (Å²) < 4.78 is 5.09. The number of benzene rings is 1. The van der Waals surface area contributed by atoms with Gasteiger partial charge in [0, 0.05) is 6.04 Å². The van der Waals surface area contributed by atoms with Gasteiger partial charge in [-0.3, -0.25) is 4.79 Å². The van der Waals surface area contributed by atoms with Crippen molar-refractivity contribution in [3.05, 3.63) is 35.9 Å². The number of hydrogen-bond acceptors (Lipinski definition) is 3. The Morgan fingerprint density at radius 2 is 2.00 bits per heavy atom. The van der Waals surface area contributed by atoms with Crippen LogP contribution in [0.3, 0.4) is 0 Å². The minimum Gasteiger partial charge on any atom is -0.481 e. The SMILES string of the molecule is O=C(N[C@@H]1CC[C@H](C(=O)O)C1)OCc1ccccc1. The molecule has 0 unspecified atom stereocenters. The first-order chi connectivity index (χ1) is 9.15. The van der Waals surface area contributed by atoms with E-state index in [1.807, 2.05) is 30.3 Å². The number of amides is 1. The molecule has 102 valence electrons. The highest BCUT2D eigenvalue weighted by Crippen LogP contribution is 2.25. The quantitative estimate of drug-likeness (QED) is 0.872. The number of carbonyl (C=O) groups excluding carboxylic acids is 1. The van der Waals surface area contributed by atoms with Crippen molar-refractivity contribution in [2.45, 2.75) is 31.9 Å². The van der Waals surface area contributed by atoms with Crippen LogP contribution in [0.15, 0.2) is 30.3 Å². The number of hydrogen-bond donors (Lipinski definition) is 2. The zero-order valence-electron chi connectivity index (χ0n) is 10.5. The van der Waals surface area contributed by atoms with E-state index in [1.165, 1.54) is 0 Å². The van der Waals surface area contributed by atoms with Crippen LogP contribution in [0.25, 0.3) is 0 Å². The lowest BCUT2D eigenvalue weighted by Crippen LogP contribution is -2.33. The molecule has 5 heteroatoms. The highest BCUT2D eigenvalue weighted by atomic mass is 16.5.